The molecule has 0 aliphatic carbocycles. The van der Waals surface area contributed by atoms with Crippen molar-refractivity contribution in [3.8, 4) is 5.75 Å². The van der Waals surface area contributed by atoms with Crippen LogP contribution in [0.2, 0.25) is 0 Å². The molecule has 10 heavy (non-hydrogen) atoms. The van der Waals surface area contributed by atoms with E-state index in [1.54, 1.807) is 18.0 Å². The summed E-state index contributed by atoms with van der Waals surface area (Å²) in [6.45, 7) is 0.781. The third-order valence-corrected chi connectivity index (χ3v) is 2.16. The van der Waals surface area contributed by atoms with E-state index in [9.17, 15) is 0 Å². The minimum absolute atomic E-state index is 0.781. The van der Waals surface area contributed by atoms with Gasteiger partial charge < -0.3 is 4.74 Å². The van der Waals surface area contributed by atoms with Crippen molar-refractivity contribution in [1.29, 1.82) is 0 Å². The van der Waals surface area contributed by atoms with Crippen molar-refractivity contribution in [3.63, 3.8) is 0 Å². The van der Waals surface area contributed by atoms with Crippen molar-refractivity contribution >= 4 is 11.8 Å². The highest BCUT2D eigenvalue weighted by Crippen LogP contribution is 2.29. The molecule has 3 nitrogen and oxygen atoms in total. The van der Waals surface area contributed by atoms with E-state index in [1.807, 2.05) is 6.07 Å². The molecular weight excluding hydrogens is 148 g/mol. The van der Waals surface area contributed by atoms with Crippen LogP contribution < -0.4 is 4.74 Å². The topological polar surface area (TPSA) is 35.0 Å². The van der Waals surface area contributed by atoms with E-state index < -0.39 is 0 Å². The van der Waals surface area contributed by atoms with Gasteiger partial charge in [-0.2, -0.15) is 5.10 Å². The Kier molecular flexibility index (Phi) is 1.47. The Morgan fingerprint density at radius 2 is 2.60 bits per heavy atom. The first-order valence-electron chi connectivity index (χ1n) is 3.04. The minimum atomic E-state index is 0.781. The van der Waals surface area contributed by atoms with Crippen molar-refractivity contribution in [2.75, 3.05) is 12.4 Å². The Balaban J connectivity index is 2.41. The van der Waals surface area contributed by atoms with E-state index in [4.69, 9.17) is 4.74 Å². The van der Waals surface area contributed by atoms with Crippen LogP contribution in [0.5, 0.6) is 5.75 Å². The van der Waals surface area contributed by atoms with Gasteiger partial charge in [-0.15, -0.1) is 5.10 Å². The molecule has 52 valence electrons. The van der Waals surface area contributed by atoms with Gasteiger partial charge in [0.25, 0.3) is 0 Å². The van der Waals surface area contributed by atoms with Gasteiger partial charge in [-0.25, -0.2) is 0 Å². The highest BCUT2D eigenvalue weighted by atomic mass is 32.2. The zero-order chi connectivity index (χ0) is 6.81. The van der Waals surface area contributed by atoms with Gasteiger partial charge in [0, 0.05) is 11.8 Å². The average molecular weight is 154 g/mol. The maximum absolute atomic E-state index is 5.30. The van der Waals surface area contributed by atoms with Gasteiger partial charge in [-0.3, -0.25) is 0 Å². The zero-order valence-corrected chi connectivity index (χ0v) is 6.10. The predicted molar refractivity (Wildman–Crippen MR) is 38.3 cm³/mol. The molecule has 0 fully saturated rings. The summed E-state index contributed by atoms with van der Waals surface area (Å²) in [5.41, 5.74) is 0. The summed E-state index contributed by atoms with van der Waals surface area (Å²) in [6.07, 6.45) is 1.64. The molecule has 1 aliphatic heterocycles. The molecule has 4 heteroatoms. The molecule has 1 aromatic rings. The summed E-state index contributed by atoms with van der Waals surface area (Å²) >= 11 is 1.69. The molecular formula is C6H6N2OS. The largest absolute Gasteiger partial charge is 0.490 e. The molecule has 0 saturated carbocycles. The maximum atomic E-state index is 5.30. The van der Waals surface area contributed by atoms with Crippen molar-refractivity contribution in [1.82, 2.24) is 10.2 Å². The Bertz CT molecular complexity index is 216. The second-order valence-electron chi connectivity index (χ2n) is 1.90. The van der Waals surface area contributed by atoms with Crippen LogP contribution in [0.3, 0.4) is 0 Å². The predicted octanol–water partition coefficient (Wildman–Crippen LogP) is 0.961. The van der Waals surface area contributed by atoms with E-state index in [0.29, 0.717) is 0 Å². The Morgan fingerprint density at radius 3 is 3.50 bits per heavy atom. The minimum Gasteiger partial charge on any atom is -0.490 e. The molecule has 0 N–H and O–H groups in total. The molecule has 0 atom stereocenters. The first-order valence-corrected chi connectivity index (χ1v) is 4.03. The summed E-state index contributed by atoms with van der Waals surface area (Å²) in [7, 11) is 0. The number of ether oxygens (including phenoxy) is 1. The molecule has 2 heterocycles. The van der Waals surface area contributed by atoms with Crippen molar-refractivity contribution in [3.05, 3.63) is 12.3 Å². The Morgan fingerprint density at radius 1 is 1.60 bits per heavy atom. The fourth-order valence-corrected chi connectivity index (χ4v) is 1.54. The van der Waals surface area contributed by atoms with Crippen molar-refractivity contribution < 1.29 is 4.74 Å². The lowest BCUT2D eigenvalue weighted by atomic mass is 10.5. The number of hydrogen-bond donors (Lipinski definition) is 0. The van der Waals surface area contributed by atoms with E-state index >= 15 is 0 Å². The molecule has 0 unspecified atom stereocenters. The van der Waals surface area contributed by atoms with Crippen LogP contribution in [0, 0.1) is 0 Å². The molecule has 0 aromatic carbocycles. The molecule has 1 aromatic heterocycles. The van der Waals surface area contributed by atoms with E-state index in [2.05, 4.69) is 10.2 Å². The number of rotatable bonds is 0. The molecule has 0 amide bonds. The maximum Gasteiger partial charge on any atom is 0.161 e. The quantitative estimate of drug-likeness (QED) is 0.557. The van der Waals surface area contributed by atoms with Crippen LogP contribution in [-0.2, 0) is 0 Å². The van der Waals surface area contributed by atoms with Crippen LogP contribution in [0.1, 0.15) is 0 Å². The SMILES string of the molecule is c1cc2c(nn1)SCCO2. The number of fused-ring (bicyclic) bond motifs is 1. The van der Waals surface area contributed by atoms with E-state index in [1.165, 1.54) is 0 Å². The fraction of sp³-hybridized carbons (Fsp3) is 0.333. The van der Waals surface area contributed by atoms with Crippen LogP contribution in [-0.4, -0.2) is 22.6 Å². The number of nitrogens with zero attached hydrogens (tertiary/aromatic N) is 2. The Hall–Kier alpha value is -0.770. The third-order valence-electron chi connectivity index (χ3n) is 1.23. The van der Waals surface area contributed by atoms with Gasteiger partial charge in [-0.1, -0.05) is 11.8 Å². The molecule has 0 radical (unpaired) electrons. The van der Waals surface area contributed by atoms with Crippen LogP contribution in [0.25, 0.3) is 0 Å². The Labute approximate surface area is 62.8 Å². The second kappa shape index (κ2) is 2.46. The zero-order valence-electron chi connectivity index (χ0n) is 5.28. The van der Waals surface area contributed by atoms with Crippen LogP contribution in [0.4, 0.5) is 0 Å². The summed E-state index contributed by atoms with van der Waals surface area (Å²) < 4.78 is 5.30. The average Bonchev–Trinajstić information content (AvgIpc) is 2.05. The van der Waals surface area contributed by atoms with Crippen molar-refractivity contribution in [2.24, 2.45) is 0 Å². The fourth-order valence-electron chi connectivity index (χ4n) is 0.807. The third kappa shape index (κ3) is 0.945. The number of thioether (sulfide) groups is 1. The van der Waals surface area contributed by atoms with Gasteiger partial charge in [0.05, 0.1) is 12.8 Å². The molecule has 2 rings (SSSR count). The molecule has 0 saturated heterocycles. The first kappa shape index (κ1) is 5.97. The summed E-state index contributed by atoms with van der Waals surface area (Å²) in [5, 5.41) is 8.57. The standard InChI is InChI=1S/C6H6N2OS/c1-2-7-8-6-5(1)9-3-4-10-6/h1-2H,3-4H2. The summed E-state index contributed by atoms with van der Waals surface area (Å²) in [5.74, 6) is 1.84. The molecule has 1 aliphatic rings. The normalized spacial score (nSPS) is 15.6. The summed E-state index contributed by atoms with van der Waals surface area (Å²) in [4.78, 5) is 0. The lowest BCUT2D eigenvalue weighted by Crippen LogP contribution is -2.07. The number of aromatic nitrogens is 2. The van der Waals surface area contributed by atoms with Gasteiger partial charge >= 0.3 is 0 Å². The lowest BCUT2D eigenvalue weighted by Gasteiger charge is -2.13. The van der Waals surface area contributed by atoms with Gasteiger partial charge in [0.1, 0.15) is 0 Å². The highest BCUT2D eigenvalue weighted by molar-refractivity contribution is 7.99. The highest BCUT2D eigenvalue weighted by Gasteiger charge is 2.10. The number of hydrogen-bond acceptors (Lipinski definition) is 4. The monoisotopic (exact) mass is 154 g/mol. The summed E-state index contributed by atoms with van der Waals surface area (Å²) in [6, 6.07) is 1.84. The smallest absolute Gasteiger partial charge is 0.161 e. The van der Waals surface area contributed by atoms with Gasteiger partial charge in [-0.05, 0) is 0 Å². The van der Waals surface area contributed by atoms with Crippen LogP contribution >= 0.6 is 11.8 Å². The first-order chi connectivity index (χ1) is 4.97. The van der Waals surface area contributed by atoms with Gasteiger partial charge in [0.2, 0.25) is 0 Å². The lowest BCUT2D eigenvalue weighted by molar-refractivity contribution is 0.324. The van der Waals surface area contributed by atoms with Gasteiger partial charge in [0.15, 0.2) is 10.8 Å². The molecule has 0 spiro atoms. The van der Waals surface area contributed by atoms with E-state index in [0.717, 1.165) is 23.1 Å². The van der Waals surface area contributed by atoms with Crippen LogP contribution in [0.15, 0.2) is 17.3 Å². The van der Waals surface area contributed by atoms with Crippen molar-refractivity contribution in [2.45, 2.75) is 5.03 Å². The molecule has 0 bridgehead atoms. The van der Waals surface area contributed by atoms with E-state index in [-0.39, 0.29) is 0 Å². The second-order valence-corrected chi connectivity index (χ2v) is 2.98.